The molecule has 0 aromatic carbocycles. The van der Waals surface area contributed by atoms with Crippen LogP contribution < -0.4 is 0 Å². The third-order valence-electron chi connectivity index (χ3n) is 0.526. The molecule has 2 unspecified atom stereocenters. The van der Waals surface area contributed by atoms with Crippen LogP contribution in [-0.2, 0) is 0 Å². The molecule has 0 rings (SSSR count). The minimum absolute atomic E-state index is 0.0978. The van der Waals surface area contributed by atoms with E-state index in [4.69, 9.17) is 0 Å². The van der Waals surface area contributed by atoms with E-state index in [9.17, 15) is 17.6 Å². The highest BCUT2D eigenvalue weighted by molar-refractivity contribution is 9.09. The molecule has 0 N–H and O–H groups in total. The molecule has 0 aliphatic heterocycles. The van der Waals surface area contributed by atoms with Crippen molar-refractivity contribution < 1.29 is 17.6 Å². The van der Waals surface area contributed by atoms with Crippen molar-refractivity contribution in [3.63, 3.8) is 0 Å². The van der Waals surface area contributed by atoms with Crippen molar-refractivity contribution in [3.8, 4) is 0 Å². The van der Waals surface area contributed by atoms with Crippen LogP contribution in [0.3, 0.4) is 0 Å². The summed E-state index contributed by atoms with van der Waals surface area (Å²) in [6.07, 6.45) is -4.58. The Morgan fingerprint density at radius 3 is 1.89 bits per heavy atom. The molecule has 0 bridgehead atoms. The van der Waals surface area contributed by atoms with Crippen molar-refractivity contribution in [1.82, 2.24) is 0 Å². The molecule has 0 aliphatic rings. The average Bonchev–Trinajstić information content (AvgIpc) is 1.63. The van der Waals surface area contributed by atoms with Crippen LogP contribution in [0.1, 0.15) is 0 Å². The van der Waals surface area contributed by atoms with E-state index in [1.54, 1.807) is 0 Å². The molecule has 5 heteroatoms. The first-order valence-electron chi connectivity index (χ1n) is 1.99. The van der Waals surface area contributed by atoms with Gasteiger partial charge in [-0.3, -0.25) is 0 Å². The Hall–Kier alpha value is -0.0600. The number of allylic oxidation sites excluding steroid dienone is 1. The zero-order chi connectivity index (χ0) is 7.44. The predicted molar refractivity (Wildman–Crippen MR) is 29.0 cm³/mol. The predicted octanol–water partition coefficient (Wildman–Crippen LogP) is 2.80. The van der Waals surface area contributed by atoms with E-state index in [2.05, 4.69) is 15.9 Å². The molecular formula is C4H3BrF4. The molecule has 0 radical (unpaired) electrons. The molecule has 0 nitrogen and oxygen atoms in total. The third-order valence-corrected chi connectivity index (χ3v) is 1.03. The second-order valence-electron chi connectivity index (χ2n) is 1.24. The van der Waals surface area contributed by atoms with Gasteiger partial charge in [0.2, 0.25) is 0 Å². The van der Waals surface area contributed by atoms with E-state index in [0.717, 1.165) is 0 Å². The van der Waals surface area contributed by atoms with E-state index in [1.165, 1.54) is 0 Å². The van der Waals surface area contributed by atoms with Gasteiger partial charge in [-0.15, -0.1) is 0 Å². The molecule has 0 aliphatic carbocycles. The summed E-state index contributed by atoms with van der Waals surface area (Å²) in [5.41, 5.74) is 0. The first kappa shape index (κ1) is 8.94. The van der Waals surface area contributed by atoms with Gasteiger partial charge in [-0.05, 0) is 15.9 Å². The first-order chi connectivity index (χ1) is 4.04. The van der Waals surface area contributed by atoms with Gasteiger partial charge in [0.25, 0.3) is 6.08 Å². The van der Waals surface area contributed by atoms with Crippen molar-refractivity contribution in [2.24, 2.45) is 0 Å². The van der Waals surface area contributed by atoms with Gasteiger partial charge in [0.05, 0.1) is 0 Å². The Morgan fingerprint density at radius 1 is 1.33 bits per heavy atom. The fourth-order valence-electron chi connectivity index (χ4n) is 0.193. The summed E-state index contributed by atoms with van der Waals surface area (Å²) in [6, 6.07) is 0. The van der Waals surface area contributed by atoms with Crippen LogP contribution in [0.5, 0.6) is 0 Å². The topological polar surface area (TPSA) is 0 Å². The molecule has 0 saturated heterocycles. The lowest BCUT2D eigenvalue weighted by atomic mass is 10.4. The summed E-state index contributed by atoms with van der Waals surface area (Å²) in [7, 11) is 0. The fraction of sp³-hybridized carbons (Fsp3) is 0.500. The van der Waals surface area contributed by atoms with Crippen LogP contribution in [0.25, 0.3) is 0 Å². The summed E-state index contributed by atoms with van der Waals surface area (Å²) in [5, 5.41) is -2.06. The minimum Gasteiger partial charge on any atom is -0.239 e. The number of rotatable bonds is 2. The van der Waals surface area contributed by atoms with E-state index < -0.39 is 17.3 Å². The van der Waals surface area contributed by atoms with E-state index in [-0.39, 0.29) is 6.08 Å². The van der Waals surface area contributed by atoms with Gasteiger partial charge in [-0.25, -0.2) is 8.78 Å². The molecule has 0 amide bonds. The largest absolute Gasteiger partial charge is 0.269 e. The molecule has 9 heavy (non-hydrogen) atoms. The third kappa shape index (κ3) is 4.44. The summed E-state index contributed by atoms with van der Waals surface area (Å²) in [5.74, 6) is 0. The van der Waals surface area contributed by atoms with Crippen LogP contribution in [-0.4, -0.2) is 11.3 Å². The van der Waals surface area contributed by atoms with Gasteiger partial charge >= 0.3 is 0 Å². The SMILES string of the molecule is FC(F)=CC(F)C(F)Br. The van der Waals surface area contributed by atoms with E-state index in [0.29, 0.717) is 0 Å². The maximum Gasteiger partial charge on any atom is 0.269 e. The van der Waals surface area contributed by atoms with E-state index >= 15 is 0 Å². The van der Waals surface area contributed by atoms with Gasteiger partial charge in [0, 0.05) is 6.08 Å². The van der Waals surface area contributed by atoms with Crippen molar-refractivity contribution in [3.05, 3.63) is 12.2 Å². The standard InChI is InChI=1S/C4H3BrF4/c5-4(9)2(6)1-3(7)8/h1-2,4H. The second-order valence-corrected chi connectivity index (χ2v) is 2.11. The summed E-state index contributed by atoms with van der Waals surface area (Å²) < 4.78 is 45.6. The highest BCUT2D eigenvalue weighted by Crippen LogP contribution is 2.14. The summed E-state index contributed by atoms with van der Waals surface area (Å²) in [6.45, 7) is 0. The van der Waals surface area contributed by atoms with Crippen LogP contribution in [0, 0.1) is 0 Å². The monoisotopic (exact) mass is 206 g/mol. The summed E-state index contributed by atoms with van der Waals surface area (Å²) >= 11 is 2.15. The molecular weight excluding hydrogens is 204 g/mol. The highest BCUT2D eigenvalue weighted by atomic mass is 79.9. The van der Waals surface area contributed by atoms with Crippen LogP contribution >= 0.6 is 15.9 Å². The molecule has 0 saturated carbocycles. The van der Waals surface area contributed by atoms with Gasteiger partial charge in [0.1, 0.15) is 0 Å². The Kier molecular flexibility index (Phi) is 3.84. The van der Waals surface area contributed by atoms with Crippen LogP contribution in [0.2, 0.25) is 0 Å². The summed E-state index contributed by atoms with van der Waals surface area (Å²) in [4.78, 5) is 0. The van der Waals surface area contributed by atoms with Crippen molar-refractivity contribution in [1.29, 1.82) is 0 Å². The maximum absolute atomic E-state index is 11.8. The lowest BCUT2D eigenvalue weighted by Gasteiger charge is -1.98. The van der Waals surface area contributed by atoms with Crippen molar-refractivity contribution in [2.45, 2.75) is 11.3 Å². The number of hydrogen-bond acceptors (Lipinski definition) is 0. The molecule has 0 aromatic rings. The Balaban J connectivity index is 3.76. The van der Waals surface area contributed by atoms with Gasteiger partial charge < -0.3 is 0 Å². The molecule has 0 fully saturated rings. The lowest BCUT2D eigenvalue weighted by molar-refractivity contribution is 0.276. The van der Waals surface area contributed by atoms with Crippen molar-refractivity contribution >= 4 is 15.9 Å². The van der Waals surface area contributed by atoms with Gasteiger partial charge in [-0.1, -0.05) is 0 Å². The zero-order valence-corrected chi connectivity index (χ0v) is 5.71. The Morgan fingerprint density at radius 2 is 1.78 bits per heavy atom. The number of alkyl halides is 3. The first-order valence-corrected chi connectivity index (χ1v) is 2.90. The molecule has 0 heterocycles. The molecule has 0 spiro atoms. The Labute approximate surface area is 57.7 Å². The van der Waals surface area contributed by atoms with Gasteiger partial charge in [0.15, 0.2) is 11.3 Å². The fourth-order valence-corrected chi connectivity index (χ4v) is 0.346. The lowest BCUT2D eigenvalue weighted by Crippen LogP contribution is -2.05. The molecule has 54 valence electrons. The molecule has 2 atom stereocenters. The van der Waals surface area contributed by atoms with Crippen LogP contribution in [0.15, 0.2) is 12.2 Å². The van der Waals surface area contributed by atoms with E-state index in [1.807, 2.05) is 0 Å². The zero-order valence-electron chi connectivity index (χ0n) is 4.12. The normalized spacial score (nSPS) is 16.6. The smallest absolute Gasteiger partial charge is 0.239 e. The van der Waals surface area contributed by atoms with Gasteiger partial charge in [-0.2, -0.15) is 8.78 Å². The Bertz CT molecular complexity index is 107. The van der Waals surface area contributed by atoms with Crippen molar-refractivity contribution in [2.75, 3.05) is 0 Å². The molecule has 0 aromatic heterocycles. The number of halogens is 5. The average molecular weight is 207 g/mol. The van der Waals surface area contributed by atoms with Crippen LogP contribution in [0.4, 0.5) is 17.6 Å². The minimum atomic E-state index is -2.27. The highest BCUT2D eigenvalue weighted by Gasteiger charge is 2.14. The number of hydrogen-bond donors (Lipinski definition) is 0. The second kappa shape index (κ2) is 3.87. The maximum atomic E-state index is 11.8. The quantitative estimate of drug-likeness (QED) is 0.482.